The third-order valence-corrected chi connectivity index (χ3v) is 6.12. The number of hydrogen-bond donors (Lipinski definition) is 1. The Bertz CT molecular complexity index is 1080. The Labute approximate surface area is 178 Å². The Hall–Kier alpha value is -3.30. The van der Waals surface area contributed by atoms with E-state index >= 15 is 0 Å². The molecule has 2 fully saturated rings. The lowest BCUT2D eigenvalue weighted by atomic mass is 9.95. The van der Waals surface area contributed by atoms with Crippen molar-refractivity contribution in [3.63, 3.8) is 0 Å². The first-order valence-corrected chi connectivity index (χ1v) is 10.6. The number of fused-ring (bicyclic) bond motifs is 1. The highest BCUT2D eigenvalue weighted by Crippen LogP contribution is 2.35. The third-order valence-electron chi connectivity index (χ3n) is 6.12. The van der Waals surface area contributed by atoms with Gasteiger partial charge >= 0.3 is 5.69 Å². The summed E-state index contributed by atoms with van der Waals surface area (Å²) in [5.41, 5.74) is 0.235. The standard InChI is InChI=1S/C21H25N5O5/c1-24-19(13-6-8-25(9-7-13)20(28)14-2-3-14)23-26(21(24)29)11-18(27)22-15-4-5-16-17(10-15)31-12-30-16/h4-5,10,13-14H,2-3,6-9,11-12H2,1H3,(H,22,27). The van der Waals surface area contributed by atoms with Crippen molar-refractivity contribution in [2.24, 2.45) is 13.0 Å². The van der Waals surface area contributed by atoms with Gasteiger partial charge in [0.1, 0.15) is 12.4 Å². The smallest absolute Gasteiger partial charge is 0.346 e. The first-order chi connectivity index (χ1) is 15.0. The molecule has 0 spiro atoms. The molecule has 1 aliphatic carbocycles. The maximum absolute atomic E-state index is 12.6. The first-order valence-electron chi connectivity index (χ1n) is 10.6. The summed E-state index contributed by atoms with van der Waals surface area (Å²) < 4.78 is 13.3. The van der Waals surface area contributed by atoms with E-state index in [1.807, 2.05) is 4.90 Å². The molecular formula is C21H25N5O5. The van der Waals surface area contributed by atoms with Crippen LogP contribution in [-0.4, -0.2) is 50.9 Å². The van der Waals surface area contributed by atoms with Crippen LogP contribution in [0.1, 0.15) is 37.4 Å². The van der Waals surface area contributed by atoms with Crippen LogP contribution in [0.15, 0.2) is 23.0 Å². The second kappa shape index (κ2) is 7.75. The van der Waals surface area contributed by atoms with Crippen LogP contribution < -0.4 is 20.5 Å². The molecule has 2 aliphatic heterocycles. The lowest BCUT2D eigenvalue weighted by molar-refractivity contribution is -0.133. The fourth-order valence-electron chi connectivity index (χ4n) is 4.22. The minimum Gasteiger partial charge on any atom is -0.454 e. The molecule has 1 saturated carbocycles. The number of anilines is 1. The second-order valence-electron chi connectivity index (χ2n) is 8.35. The van der Waals surface area contributed by atoms with Gasteiger partial charge in [0.25, 0.3) is 0 Å². The van der Waals surface area contributed by atoms with Gasteiger partial charge in [-0.25, -0.2) is 9.48 Å². The van der Waals surface area contributed by atoms with E-state index < -0.39 is 0 Å². The zero-order valence-electron chi connectivity index (χ0n) is 17.4. The third kappa shape index (κ3) is 3.89. The van der Waals surface area contributed by atoms with Gasteiger partial charge in [0.15, 0.2) is 11.5 Å². The van der Waals surface area contributed by atoms with E-state index in [0.29, 0.717) is 36.1 Å². The molecule has 10 heteroatoms. The summed E-state index contributed by atoms with van der Waals surface area (Å²) in [6.07, 6.45) is 3.55. The number of rotatable bonds is 5. The van der Waals surface area contributed by atoms with Gasteiger partial charge in [-0.1, -0.05) is 0 Å². The molecule has 0 radical (unpaired) electrons. The molecule has 1 aromatic carbocycles. The second-order valence-corrected chi connectivity index (χ2v) is 8.35. The molecule has 2 amide bonds. The maximum Gasteiger partial charge on any atom is 0.346 e. The highest BCUT2D eigenvalue weighted by molar-refractivity contribution is 5.90. The van der Waals surface area contributed by atoms with Crippen LogP contribution in [0.2, 0.25) is 0 Å². The highest BCUT2D eigenvalue weighted by atomic mass is 16.7. The van der Waals surface area contributed by atoms with Crippen LogP contribution in [0.3, 0.4) is 0 Å². The van der Waals surface area contributed by atoms with E-state index in [1.165, 1.54) is 9.25 Å². The Morgan fingerprint density at radius 1 is 1.13 bits per heavy atom. The van der Waals surface area contributed by atoms with Crippen LogP contribution in [0.5, 0.6) is 11.5 Å². The number of benzene rings is 1. The van der Waals surface area contributed by atoms with Crippen LogP contribution >= 0.6 is 0 Å². The molecular weight excluding hydrogens is 402 g/mol. The first kappa shape index (κ1) is 19.7. The normalized spacial score (nSPS) is 18.3. The summed E-state index contributed by atoms with van der Waals surface area (Å²) >= 11 is 0. The average molecular weight is 427 g/mol. The fraction of sp³-hybridized carbons (Fsp3) is 0.524. The summed E-state index contributed by atoms with van der Waals surface area (Å²) in [4.78, 5) is 39.3. The predicted octanol–water partition coefficient (Wildman–Crippen LogP) is 1.07. The molecule has 2 aromatic rings. The Morgan fingerprint density at radius 3 is 2.61 bits per heavy atom. The zero-order valence-corrected chi connectivity index (χ0v) is 17.4. The van der Waals surface area contributed by atoms with E-state index in [1.54, 1.807) is 25.2 Å². The van der Waals surface area contributed by atoms with Crippen molar-refractivity contribution >= 4 is 17.5 Å². The molecule has 1 aromatic heterocycles. The Kier molecular flexibility index (Phi) is 4.91. The number of carbonyl (C=O) groups is 2. The minimum atomic E-state index is -0.351. The molecule has 5 rings (SSSR count). The number of likely N-dealkylation sites (tertiary alicyclic amines) is 1. The lowest BCUT2D eigenvalue weighted by Crippen LogP contribution is -2.39. The number of piperidine rings is 1. The minimum absolute atomic E-state index is 0.0964. The highest BCUT2D eigenvalue weighted by Gasteiger charge is 2.36. The number of nitrogens with zero attached hydrogens (tertiary/aromatic N) is 4. The van der Waals surface area contributed by atoms with Crippen LogP contribution in [0.4, 0.5) is 5.69 Å². The van der Waals surface area contributed by atoms with Gasteiger partial charge in [-0.15, -0.1) is 0 Å². The predicted molar refractivity (Wildman–Crippen MR) is 110 cm³/mol. The maximum atomic E-state index is 12.6. The monoisotopic (exact) mass is 427 g/mol. The Morgan fingerprint density at radius 2 is 1.87 bits per heavy atom. The molecule has 10 nitrogen and oxygen atoms in total. The van der Waals surface area contributed by atoms with E-state index in [2.05, 4.69) is 10.4 Å². The van der Waals surface area contributed by atoms with E-state index in [9.17, 15) is 14.4 Å². The largest absolute Gasteiger partial charge is 0.454 e. The van der Waals surface area contributed by atoms with E-state index in [0.717, 1.165) is 25.7 Å². The molecule has 31 heavy (non-hydrogen) atoms. The van der Waals surface area contributed by atoms with Crippen molar-refractivity contribution in [1.29, 1.82) is 0 Å². The number of aromatic nitrogens is 3. The number of hydrogen-bond acceptors (Lipinski definition) is 6. The topological polar surface area (TPSA) is 108 Å². The van der Waals surface area contributed by atoms with Crippen molar-refractivity contribution < 1.29 is 19.1 Å². The summed E-state index contributed by atoms with van der Waals surface area (Å²) in [6, 6.07) is 5.13. The molecule has 3 heterocycles. The number of nitrogens with one attached hydrogen (secondary N) is 1. The molecule has 1 N–H and O–H groups in total. The van der Waals surface area contributed by atoms with Crippen LogP contribution in [0, 0.1) is 5.92 Å². The van der Waals surface area contributed by atoms with E-state index in [4.69, 9.17) is 9.47 Å². The van der Waals surface area contributed by atoms with Crippen molar-refractivity contribution in [2.45, 2.75) is 38.1 Å². The summed E-state index contributed by atoms with van der Waals surface area (Å²) in [6.45, 7) is 1.35. The van der Waals surface area contributed by atoms with Crippen molar-refractivity contribution in [2.75, 3.05) is 25.2 Å². The fourth-order valence-corrected chi connectivity index (χ4v) is 4.22. The van der Waals surface area contributed by atoms with E-state index in [-0.39, 0.29) is 42.7 Å². The van der Waals surface area contributed by atoms with Gasteiger partial charge in [-0.3, -0.25) is 14.2 Å². The SMILES string of the molecule is Cn1c(C2CCN(C(=O)C3CC3)CC2)nn(CC(=O)Nc2ccc3c(c2)OCO3)c1=O. The molecule has 0 unspecified atom stereocenters. The summed E-state index contributed by atoms with van der Waals surface area (Å²) in [5, 5.41) is 7.21. The quantitative estimate of drug-likeness (QED) is 0.765. The average Bonchev–Trinajstić information content (AvgIpc) is 3.46. The lowest BCUT2D eigenvalue weighted by Gasteiger charge is -2.31. The van der Waals surface area contributed by atoms with Crippen LogP contribution in [0.25, 0.3) is 0 Å². The number of carbonyl (C=O) groups excluding carboxylic acids is 2. The molecule has 1 saturated heterocycles. The van der Waals surface area contributed by atoms with Crippen molar-refractivity contribution in [1.82, 2.24) is 19.2 Å². The Balaban J connectivity index is 1.23. The van der Waals surface area contributed by atoms with Gasteiger partial charge in [-0.05, 0) is 37.8 Å². The summed E-state index contributed by atoms with van der Waals surface area (Å²) in [7, 11) is 1.68. The molecule has 3 aliphatic rings. The van der Waals surface area contributed by atoms with Crippen LogP contribution in [-0.2, 0) is 23.2 Å². The molecule has 164 valence electrons. The van der Waals surface area contributed by atoms with Crippen molar-refractivity contribution in [3.05, 3.63) is 34.5 Å². The number of amides is 2. The summed E-state index contributed by atoms with van der Waals surface area (Å²) in [5.74, 6) is 2.10. The van der Waals surface area contributed by atoms with Gasteiger partial charge in [0.05, 0.1) is 0 Å². The molecule has 0 atom stereocenters. The van der Waals surface area contributed by atoms with Gasteiger partial charge in [0, 0.05) is 43.7 Å². The zero-order chi connectivity index (χ0) is 21.5. The molecule has 0 bridgehead atoms. The van der Waals surface area contributed by atoms with Gasteiger partial charge in [0.2, 0.25) is 18.6 Å². The van der Waals surface area contributed by atoms with Crippen molar-refractivity contribution in [3.8, 4) is 11.5 Å². The van der Waals surface area contributed by atoms with Gasteiger partial charge < -0.3 is 19.7 Å². The van der Waals surface area contributed by atoms with Gasteiger partial charge in [-0.2, -0.15) is 5.10 Å². The number of ether oxygens (including phenoxy) is 2.